The molecule has 2 rings (SSSR count). The van der Waals surface area contributed by atoms with Crippen molar-refractivity contribution in [3.63, 3.8) is 0 Å². The Kier molecular flexibility index (Phi) is 3.10. The van der Waals surface area contributed by atoms with Gasteiger partial charge in [0.15, 0.2) is 0 Å². The fraction of sp³-hybridized carbons (Fsp3) is 0.250. The number of rotatable bonds is 3. The van der Waals surface area contributed by atoms with Crippen LogP contribution in [0.2, 0.25) is 0 Å². The summed E-state index contributed by atoms with van der Waals surface area (Å²) in [6.07, 6.45) is 3.40. The number of aryl methyl sites for hydroxylation is 2. The zero-order valence-corrected chi connectivity index (χ0v) is 10.3. The van der Waals surface area contributed by atoms with Crippen LogP contribution in [-0.2, 0) is 6.54 Å². The smallest absolute Gasteiger partial charge is 0.0736 e. The van der Waals surface area contributed by atoms with Gasteiger partial charge in [0.2, 0.25) is 0 Å². The average Bonchev–Trinajstić information content (AvgIpc) is 2.57. The van der Waals surface area contributed by atoms with Gasteiger partial charge in [-0.3, -0.25) is 4.98 Å². The third kappa shape index (κ3) is 2.33. The van der Waals surface area contributed by atoms with Crippen molar-refractivity contribution < 1.29 is 0 Å². The number of nitrogens with two attached hydrogens (primary N) is 1. The standard InChI is InChI=1S/C12H15N3S/c1-8-5-10(16-9(8)2)6-15-12-3-4-14-7-11(12)13/h3-5,7H,6,13H2,1-2H3,(H,14,15). The Morgan fingerprint density at radius 2 is 2.25 bits per heavy atom. The predicted octanol–water partition coefficient (Wildman–Crippen LogP) is 2.95. The van der Waals surface area contributed by atoms with Crippen molar-refractivity contribution in [2.24, 2.45) is 0 Å². The van der Waals surface area contributed by atoms with Crippen molar-refractivity contribution in [3.8, 4) is 0 Å². The molecule has 0 aliphatic rings. The SMILES string of the molecule is Cc1cc(CNc2ccncc2N)sc1C. The van der Waals surface area contributed by atoms with Crippen molar-refractivity contribution in [2.75, 3.05) is 11.1 Å². The van der Waals surface area contributed by atoms with E-state index in [1.807, 2.05) is 17.4 Å². The summed E-state index contributed by atoms with van der Waals surface area (Å²) in [5.41, 5.74) is 8.78. The van der Waals surface area contributed by atoms with Crippen LogP contribution < -0.4 is 11.1 Å². The monoisotopic (exact) mass is 233 g/mol. The lowest BCUT2D eigenvalue weighted by molar-refractivity contribution is 1.18. The summed E-state index contributed by atoms with van der Waals surface area (Å²) in [6.45, 7) is 5.09. The molecule has 4 heteroatoms. The van der Waals surface area contributed by atoms with Gasteiger partial charge < -0.3 is 11.1 Å². The maximum Gasteiger partial charge on any atom is 0.0736 e. The highest BCUT2D eigenvalue weighted by Gasteiger charge is 2.02. The number of hydrogen-bond acceptors (Lipinski definition) is 4. The highest BCUT2D eigenvalue weighted by Crippen LogP contribution is 2.22. The molecule has 0 fully saturated rings. The van der Waals surface area contributed by atoms with Gasteiger partial charge in [0.25, 0.3) is 0 Å². The number of aromatic nitrogens is 1. The molecule has 2 aromatic heterocycles. The van der Waals surface area contributed by atoms with Gasteiger partial charge in [-0.25, -0.2) is 0 Å². The number of thiophene rings is 1. The maximum absolute atomic E-state index is 5.80. The predicted molar refractivity (Wildman–Crippen MR) is 69.8 cm³/mol. The topological polar surface area (TPSA) is 50.9 Å². The summed E-state index contributed by atoms with van der Waals surface area (Å²) in [5, 5.41) is 3.32. The minimum Gasteiger partial charge on any atom is -0.396 e. The van der Waals surface area contributed by atoms with E-state index in [0.29, 0.717) is 5.69 Å². The fourth-order valence-corrected chi connectivity index (χ4v) is 2.48. The minimum atomic E-state index is 0.688. The first kappa shape index (κ1) is 11.0. The Labute approximate surface area is 99.3 Å². The second-order valence-electron chi connectivity index (χ2n) is 3.77. The van der Waals surface area contributed by atoms with Gasteiger partial charge in [0.05, 0.1) is 17.6 Å². The zero-order valence-electron chi connectivity index (χ0n) is 9.45. The molecule has 0 spiro atoms. The molecule has 0 aliphatic heterocycles. The van der Waals surface area contributed by atoms with Crippen molar-refractivity contribution in [3.05, 3.63) is 39.8 Å². The van der Waals surface area contributed by atoms with Crippen LogP contribution >= 0.6 is 11.3 Å². The summed E-state index contributed by atoms with van der Waals surface area (Å²) in [7, 11) is 0. The molecule has 0 unspecified atom stereocenters. The molecule has 2 heterocycles. The van der Waals surface area contributed by atoms with Crippen LogP contribution in [0.15, 0.2) is 24.5 Å². The van der Waals surface area contributed by atoms with Crippen molar-refractivity contribution in [1.29, 1.82) is 0 Å². The molecule has 0 aliphatic carbocycles. The third-order valence-corrected chi connectivity index (χ3v) is 3.67. The molecule has 0 saturated carbocycles. The first-order valence-corrected chi connectivity index (χ1v) is 5.97. The molecule has 0 bridgehead atoms. The lowest BCUT2D eigenvalue weighted by atomic mass is 10.3. The molecule has 3 nitrogen and oxygen atoms in total. The van der Waals surface area contributed by atoms with Gasteiger partial charge in [-0.1, -0.05) is 0 Å². The third-order valence-electron chi connectivity index (χ3n) is 2.52. The van der Waals surface area contributed by atoms with E-state index in [-0.39, 0.29) is 0 Å². The van der Waals surface area contributed by atoms with Crippen LogP contribution in [0.3, 0.4) is 0 Å². The molecular weight excluding hydrogens is 218 g/mol. The quantitative estimate of drug-likeness (QED) is 0.857. The molecule has 0 atom stereocenters. The molecule has 16 heavy (non-hydrogen) atoms. The Morgan fingerprint density at radius 1 is 1.44 bits per heavy atom. The van der Waals surface area contributed by atoms with Crippen molar-refractivity contribution >= 4 is 22.7 Å². The Bertz CT molecular complexity index is 471. The normalized spacial score (nSPS) is 10.4. The van der Waals surface area contributed by atoms with Crippen LogP contribution in [0, 0.1) is 13.8 Å². The second-order valence-corrected chi connectivity index (χ2v) is 5.11. The Balaban J connectivity index is 2.05. The first-order valence-electron chi connectivity index (χ1n) is 5.16. The summed E-state index contributed by atoms with van der Waals surface area (Å²) in [4.78, 5) is 6.66. The van der Waals surface area contributed by atoms with Crippen LogP contribution in [-0.4, -0.2) is 4.98 Å². The summed E-state index contributed by atoms with van der Waals surface area (Å²) < 4.78 is 0. The van der Waals surface area contributed by atoms with Gasteiger partial charge in [-0.2, -0.15) is 0 Å². The van der Waals surface area contributed by atoms with E-state index in [1.54, 1.807) is 12.4 Å². The van der Waals surface area contributed by atoms with E-state index >= 15 is 0 Å². The molecule has 84 valence electrons. The van der Waals surface area contributed by atoms with E-state index in [1.165, 1.54) is 15.3 Å². The number of nitrogens with zero attached hydrogens (tertiary/aromatic N) is 1. The molecule has 0 saturated heterocycles. The molecule has 3 N–H and O–H groups in total. The number of hydrogen-bond donors (Lipinski definition) is 2. The van der Waals surface area contributed by atoms with E-state index in [4.69, 9.17) is 5.73 Å². The van der Waals surface area contributed by atoms with Gasteiger partial charge in [0, 0.05) is 22.5 Å². The number of nitrogens with one attached hydrogen (secondary N) is 1. The van der Waals surface area contributed by atoms with Crippen LogP contribution in [0.1, 0.15) is 15.3 Å². The van der Waals surface area contributed by atoms with Gasteiger partial charge in [-0.05, 0) is 31.5 Å². The number of nitrogen functional groups attached to an aromatic ring is 1. The molecular formula is C12H15N3S. The highest BCUT2D eigenvalue weighted by atomic mass is 32.1. The molecule has 2 aromatic rings. The van der Waals surface area contributed by atoms with Crippen LogP contribution in [0.4, 0.5) is 11.4 Å². The summed E-state index contributed by atoms with van der Waals surface area (Å²) in [5.74, 6) is 0. The molecule has 0 aromatic carbocycles. The van der Waals surface area contributed by atoms with E-state index in [0.717, 1.165) is 12.2 Å². The molecule has 0 radical (unpaired) electrons. The summed E-state index contributed by atoms with van der Waals surface area (Å²) in [6, 6.07) is 4.10. The van der Waals surface area contributed by atoms with Crippen LogP contribution in [0.25, 0.3) is 0 Å². The van der Waals surface area contributed by atoms with Gasteiger partial charge in [0.1, 0.15) is 0 Å². The molecule has 0 amide bonds. The lowest BCUT2D eigenvalue weighted by Gasteiger charge is -2.06. The van der Waals surface area contributed by atoms with Gasteiger partial charge in [-0.15, -0.1) is 11.3 Å². The largest absolute Gasteiger partial charge is 0.396 e. The Morgan fingerprint density at radius 3 is 2.88 bits per heavy atom. The zero-order chi connectivity index (χ0) is 11.5. The number of anilines is 2. The van der Waals surface area contributed by atoms with Crippen molar-refractivity contribution in [2.45, 2.75) is 20.4 Å². The number of pyridine rings is 1. The average molecular weight is 233 g/mol. The second kappa shape index (κ2) is 4.53. The first-order chi connectivity index (χ1) is 7.66. The highest BCUT2D eigenvalue weighted by molar-refractivity contribution is 7.12. The Hall–Kier alpha value is -1.55. The fourth-order valence-electron chi connectivity index (χ4n) is 1.49. The summed E-state index contributed by atoms with van der Waals surface area (Å²) >= 11 is 1.82. The van der Waals surface area contributed by atoms with Crippen molar-refractivity contribution in [1.82, 2.24) is 4.98 Å². The minimum absolute atomic E-state index is 0.688. The van der Waals surface area contributed by atoms with E-state index in [9.17, 15) is 0 Å². The van der Waals surface area contributed by atoms with E-state index < -0.39 is 0 Å². The van der Waals surface area contributed by atoms with Crippen LogP contribution in [0.5, 0.6) is 0 Å². The van der Waals surface area contributed by atoms with E-state index in [2.05, 4.69) is 30.2 Å². The maximum atomic E-state index is 5.80. The van der Waals surface area contributed by atoms with Gasteiger partial charge >= 0.3 is 0 Å². The lowest BCUT2D eigenvalue weighted by Crippen LogP contribution is -2.01.